The van der Waals surface area contributed by atoms with E-state index in [4.69, 9.17) is 4.74 Å². The van der Waals surface area contributed by atoms with Crippen LogP contribution in [0.5, 0.6) is 5.75 Å². The first-order valence-electron chi connectivity index (χ1n) is 6.93. The number of pyridine rings is 2. The van der Waals surface area contributed by atoms with Crippen molar-refractivity contribution >= 4 is 15.9 Å². The van der Waals surface area contributed by atoms with Gasteiger partial charge in [0, 0.05) is 11.8 Å². The Morgan fingerprint density at radius 2 is 2.13 bits per heavy atom. The Bertz CT molecular complexity index is 970. The first-order chi connectivity index (χ1) is 11.2. The Morgan fingerprint density at radius 1 is 1.26 bits per heavy atom. The van der Waals surface area contributed by atoms with Gasteiger partial charge in [0.2, 0.25) is 0 Å². The van der Waals surface area contributed by atoms with E-state index in [0.29, 0.717) is 32.7 Å². The van der Waals surface area contributed by atoms with Crippen LogP contribution in [0.15, 0.2) is 58.1 Å². The molecule has 0 spiro atoms. The fraction of sp³-hybridized carbons (Fsp3) is 0.0588. The molecule has 1 aliphatic heterocycles. The molecule has 0 saturated carbocycles. The molecule has 1 aliphatic rings. The van der Waals surface area contributed by atoms with E-state index in [0.717, 1.165) is 0 Å². The summed E-state index contributed by atoms with van der Waals surface area (Å²) in [7, 11) is 0. The summed E-state index contributed by atoms with van der Waals surface area (Å²) in [5, 5.41) is 0. The van der Waals surface area contributed by atoms with Gasteiger partial charge >= 0.3 is 0 Å². The molecule has 114 valence electrons. The second-order valence-electron chi connectivity index (χ2n) is 5.11. The summed E-state index contributed by atoms with van der Waals surface area (Å²) in [4.78, 5) is 16.6. The van der Waals surface area contributed by atoms with Gasteiger partial charge in [-0.3, -0.25) is 14.3 Å². The molecule has 0 N–H and O–H groups in total. The highest BCUT2D eigenvalue weighted by molar-refractivity contribution is 9.10. The summed E-state index contributed by atoms with van der Waals surface area (Å²) in [5.74, 6) is 0.0903. The molecular weight excluding hydrogens is 363 g/mol. The van der Waals surface area contributed by atoms with Gasteiger partial charge < -0.3 is 4.74 Å². The number of ether oxygens (including phenoxy) is 1. The third-order valence-electron chi connectivity index (χ3n) is 3.77. The summed E-state index contributed by atoms with van der Waals surface area (Å²) >= 11 is 3.28. The van der Waals surface area contributed by atoms with Gasteiger partial charge in [-0.15, -0.1) is 0 Å². The molecular formula is C17H10BrFN2O2. The Kier molecular flexibility index (Phi) is 3.27. The van der Waals surface area contributed by atoms with Gasteiger partial charge in [-0.2, -0.15) is 0 Å². The van der Waals surface area contributed by atoms with Crippen LogP contribution in [0.3, 0.4) is 0 Å². The van der Waals surface area contributed by atoms with Crippen LogP contribution in [0.25, 0.3) is 16.8 Å². The van der Waals surface area contributed by atoms with E-state index in [2.05, 4.69) is 20.9 Å². The van der Waals surface area contributed by atoms with Gasteiger partial charge in [-0.05, 0) is 46.3 Å². The SMILES string of the molecule is O=c1c(Br)cc2c(n1-c1cccnc1)COc1cccc(F)c1-2. The first-order valence-corrected chi connectivity index (χ1v) is 7.72. The Morgan fingerprint density at radius 3 is 2.91 bits per heavy atom. The smallest absolute Gasteiger partial charge is 0.269 e. The first kappa shape index (κ1) is 14.1. The van der Waals surface area contributed by atoms with Gasteiger partial charge in [0.05, 0.1) is 27.6 Å². The molecule has 23 heavy (non-hydrogen) atoms. The van der Waals surface area contributed by atoms with Crippen LogP contribution in [0.4, 0.5) is 4.39 Å². The molecule has 4 nitrogen and oxygen atoms in total. The van der Waals surface area contributed by atoms with E-state index in [9.17, 15) is 9.18 Å². The Labute approximate surface area is 139 Å². The van der Waals surface area contributed by atoms with Crippen molar-refractivity contribution in [3.05, 3.63) is 75.1 Å². The lowest BCUT2D eigenvalue weighted by molar-refractivity contribution is 0.291. The van der Waals surface area contributed by atoms with E-state index in [1.54, 1.807) is 42.7 Å². The lowest BCUT2D eigenvalue weighted by Crippen LogP contribution is -2.26. The summed E-state index contributed by atoms with van der Waals surface area (Å²) in [6, 6.07) is 9.87. The number of rotatable bonds is 1. The topological polar surface area (TPSA) is 44.1 Å². The monoisotopic (exact) mass is 372 g/mol. The predicted octanol–water partition coefficient (Wildman–Crippen LogP) is 3.69. The summed E-state index contributed by atoms with van der Waals surface area (Å²) in [6.45, 7) is 0.184. The highest BCUT2D eigenvalue weighted by Gasteiger charge is 2.25. The van der Waals surface area contributed by atoms with Crippen molar-refractivity contribution in [1.29, 1.82) is 0 Å². The molecule has 0 atom stereocenters. The van der Waals surface area contributed by atoms with E-state index < -0.39 is 0 Å². The van der Waals surface area contributed by atoms with E-state index in [1.807, 2.05) is 0 Å². The molecule has 0 unspecified atom stereocenters. The maximum Gasteiger partial charge on any atom is 0.269 e. The largest absolute Gasteiger partial charge is 0.487 e. The Hall–Kier alpha value is -2.47. The van der Waals surface area contributed by atoms with Gasteiger partial charge in [0.1, 0.15) is 18.2 Å². The molecule has 4 rings (SSSR count). The lowest BCUT2D eigenvalue weighted by atomic mass is 9.99. The molecule has 3 aromatic rings. The van der Waals surface area contributed by atoms with Crippen LogP contribution in [-0.4, -0.2) is 9.55 Å². The second kappa shape index (κ2) is 5.31. The predicted molar refractivity (Wildman–Crippen MR) is 87.3 cm³/mol. The average molecular weight is 373 g/mol. The van der Waals surface area contributed by atoms with Gasteiger partial charge in [-0.25, -0.2) is 4.39 Å². The highest BCUT2D eigenvalue weighted by atomic mass is 79.9. The van der Waals surface area contributed by atoms with Crippen molar-refractivity contribution in [2.45, 2.75) is 6.61 Å². The fourth-order valence-electron chi connectivity index (χ4n) is 2.77. The normalized spacial score (nSPS) is 12.3. The van der Waals surface area contributed by atoms with Crippen molar-refractivity contribution in [2.24, 2.45) is 0 Å². The minimum Gasteiger partial charge on any atom is -0.487 e. The zero-order valence-electron chi connectivity index (χ0n) is 11.8. The average Bonchev–Trinajstić information content (AvgIpc) is 2.57. The maximum atomic E-state index is 14.3. The van der Waals surface area contributed by atoms with E-state index in [1.165, 1.54) is 10.6 Å². The standard InChI is InChI=1S/C17H10BrFN2O2/c18-12-7-11-14(9-23-15-5-1-4-13(19)16(11)15)21(17(12)22)10-3-2-6-20-8-10/h1-8H,9H2. The van der Waals surface area contributed by atoms with Gasteiger partial charge in [0.25, 0.3) is 5.56 Å². The van der Waals surface area contributed by atoms with Crippen LogP contribution in [0, 0.1) is 5.82 Å². The second-order valence-corrected chi connectivity index (χ2v) is 5.96. The molecule has 0 aliphatic carbocycles. The number of benzene rings is 1. The molecule has 2 aromatic heterocycles. The van der Waals surface area contributed by atoms with Crippen LogP contribution in [0.1, 0.15) is 5.69 Å². The molecule has 1 aromatic carbocycles. The molecule has 6 heteroatoms. The van der Waals surface area contributed by atoms with Crippen molar-refractivity contribution in [1.82, 2.24) is 9.55 Å². The summed E-state index contributed by atoms with van der Waals surface area (Å²) < 4.78 is 21.8. The third-order valence-corrected chi connectivity index (χ3v) is 4.34. The fourth-order valence-corrected chi connectivity index (χ4v) is 3.18. The summed E-state index contributed by atoms with van der Waals surface area (Å²) in [6.07, 6.45) is 3.22. The molecule has 0 bridgehead atoms. The number of fused-ring (bicyclic) bond motifs is 3. The van der Waals surface area contributed by atoms with Crippen molar-refractivity contribution < 1.29 is 9.13 Å². The highest BCUT2D eigenvalue weighted by Crippen LogP contribution is 2.40. The third kappa shape index (κ3) is 2.17. The Balaban J connectivity index is 2.09. The van der Waals surface area contributed by atoms with E-state index in [-0.39, 0.29) is 18.0 Å². The van der Waals surface area contributed by atoms with Crippen LogP contribution in [0.2, 0.25) is 0 Å². The van der Waals surface area contributed by atoms with Crippen LogP contribution in [-0.2, 0) is 6.61 Å². The quantitative estimate of drug-likeness (QED) is 0.654. The molecule has 0 fully saturated rings. The maximum absolute atomic E-state index is 14.3. The lowest BCUT2D eigenvalue weighted by Gasteiger charge is -2.24. The van der Waals surface area contributed by atoms with Gasteiger partial charge in [0.15, 0.2) is 0 Å². The molecule has 0 radical (unpaired) electrons. The number of halogens is 2. The van der Waals surface area contributed by atoms with E-state index >= 15 is 0 Å². The number of aromatic nitrogens is 2. The van der Waals surface area contributed by atoms with Crippen molar-refractivity contribution in [3.8, 4) is 22.6 Å². The number of hydrogen-bond donors (Lipinski definition) is 0. The minimum atomic E-state index is -0.383. The van der Waals surface area contributed by atoms with Crippen molar-refractivity contribution in [3.63, 3.8) is 0 Å². The number of hydrogen-bond acceptors (Lipinski definition) is 3. The van der Waals surface area contributed by atoms with Crippen LogP contribution < -0.4 is 10.3 Å². The zero-order chi connectivity index (χ0) is 16.0. The molecule has 3 heterocycles. The number of nitrogens with zero attached hydrogens (tertiary/aromatic N) is 2. The zero-order valence-corrected chi connectivity index (χ0v) is 13.4. The minimum absolute atomic E-state index is 0.184. The molecule has 0 amide bonds. The van der Waals surface area contributed by atoms with Gasteiger partial charge in [-0.1, -0.05) is 6.07 Å². The van der Waals surface area contributed by atoms with Crippen molar-refractivity contribution in [2.75, 3.05) is 0 Å². The van der Waals surface area contributed by atoms with Crippen LogP contribution >= 0.6 is 15.9 Å². The summed E-state index contributed by atoms with van der Waals surface area (Å²) in [5.41, 5.74) is 1.98. The molecule has 0 saturated heterocycles.